The van der Waals surface area contributed by atoms with Crippen molar-refractivity contribution in [1.82, 2.24) is 15.2 Å². The Labute approximate surface area is 251 Å². The minimum absolute atomic E-state index is 0. The molecule has 0 radical (unpaired) electrons. The molecule has 206 valence electrons. The third kappa shape index (κ3) is 7.41. The number of hydrogen-bond acceptors (Lipinski definition) is 7. The molecule has 8 nitrogen and oxygen atoms in total. The van der Waals surface area contributed by atoms with Crippen molar-refractivity contribution in [1.29, 1.82) is 0 Å². The summed E-state index contributed by atoms with van der Waals surface area (Å²) in [5.41, 5.74) is 1.71. The highest BCUT2D eigenvalue weighted by Gasteiger charge is 2.20. The highest BCUT2D eigenvalue weighted by Crippen LogP contribution is 2.31. The van der Waals surface area contributed by atoms with Gasteiger partial charge in [0.1, 0.15) is 0 Å². The lowest BCUT2D eigenvalue weighted by molar-refractivity contribution is 0.0948. The van der Waals surface area contributed by atoms with Crippen LogP contribution < -0.4 is 14.9 Å². The lowest BCUT2D eigenvalue weighted by Crippen LogP contribution is -2.48. The van der Waals surface area contributed by atoms with Gasteiger partial charge >= 0.3 is 0 Å². The lowest BCUT2D eigenvalue weighted by atomic mass is 10.2. The van der Waals surface area contributed by atoms with Crippen molar-refractivity contribution in [2.75, 3.05) is 48.9 Å². The number of sulfonamides is 1. The van der Waals surface area contributed by atoms with Crippen LogP contribution in [-0.4, -0.2) is 63.5 Å². The molecule has 5 rings (SSSR count). The normalized spacial score (nSPS) is 14.2. The Hall–Kier alpha value is -2.41. The zero-order valence-electron chi connectivity index (χ0n) is 20.6. The highest BCUT2D eigenvalue weighted by atomic mass is 79.9. The number of hydrogen-bond donors (Lipinski definition) is 2. The molecule has 1 aliphatic heterocycles. The molecule has 1 fully saturated rings. The van der Waals surface area contributed by atoms with Crippen LogP contribution in [0, 0.1) is 0 Å². The summed E-state index contributed by atoms with van der Waals surface area (Å²) >= 11 is 11.1. The third-order valence-electron chi connectivity index (χ3n) is 6.20. The number of carbonyl (C=O) groups excluding carboxylic acids is 1. The van der Waals surface area contributed by atoms with Crippen molar-refractivity contribution in [2.45, 2.75) is 4.90 Å². The van der Waals surface area contributed by atoms with E-state index in [2.05, 4.69) is 41.8 Å². The second-order valence-corrected chi connectivity index (χ2v) is 12.9. The van der Waals surface area contributed by atoms with E-state index in [1.165, 1.54) is 35.0 Å². The fraction of sp³-hybridized carbons (Fsp3) is 0.231. The van der Waals surface area contributed by atoms with Crippen molar-refractivity contribution in [2.24, 2.45) is 0 Å². The molecular weight excluding hydrogens is 645 g/mol. The monoisotopic (exact) mass is 669 g/mol. The fourth-order valence-corrected chi connectivity index (χ4v) is 6.91. The molecule has 1 aliphatic rings. The summed E-state index contributed by atoms with van der Waals surface area (Å²) in [6.45, 7) is 4.76. The maximum absolute atomic E-state index is 12.7. The number of halogens is 3. The molecule has 3 aromatic carbocycles. The van der Waals surface area contributed by atoms with Crippen LogP contribution in [0.15, 0.2) is 76.1 Å². The van der Waals surface area contributed by atoms with Gasteiger partial charge in [-0.05, 0) is 60.7 Å². The lowest BCUT2D eigenvalue weighted by Gasteiger charge is -2.34. The summed E-state index contributed by atoms with van der Waals surface area (Å²) in [6.07, 6.45) is 0. The van der Waals surface area contributed by atoms with Crippen molar-refractivity contribution < 1.29 is 13.2 Å². The van der Waals surface area contributed by atoms with Crippen LogP contribution in [0.4, 0.5) is 10.8 Å². The van der Waals surface area contributed by atoms with Crippen molar-refractivity contribution in [3.05, 3.63) is 81.8 Å². The first-order chi connectivity index (χ1) is 18.3. The fourth-order valence-electron chi connectivity index (χ4n) is 4.17. The second-order valence-electron chi connectivity index (χ2n) is 8.83. The number of carbonyl (C=O) groups is 1. The average molecular weight is 671 g/mol. The number of nitrogens with zero attached hydrogens (tertiary/aromatic N) is 3. The predicted molar refractivity (Wildman–Crippen MR) is 164 cm³/mol. The Morgan fingerprint density at radius 3 is 2.51 bits per heavy atom. The van der Waals surface area contributed by atoms with Gasteiger partial charge in [0.05, 0.1) is 15.1 Å². The van der Waals surface area contributed by atoms with Crippen LogP contribution in [0.2, 0.25) is 5.02 Å². The van der Waals surface area contributed by atoms with Crippen LogP contribution in [-0.2, 0) is 10.0 Å². The van der Waals surface area contributed by atoms with Gasteiger partial charge in [0, 0.05) is 60.0 Å². The smallest absolute Gasteiger partial charge is 0.261 e. The van der Waals surface area contributed by atoms with E-state index in [0.717, 1.165) is 47.8 Å². The van der Waals surface area contributed by atoms with Crippen LogP contribution in [0.3, 0.4) is 0 Å². The molecule has 13 heteroatoms. The molecule has 1 amide bonds. The van der Waals surface area contributed by atoms with E-state index in [9.17, 15) is 13.2 Å². The number of rotatable bonds is 8. The van der Waals surface area contributed by atoms with Gasteiger partial charge in [0.15, 0.2) is 5.13 Å². The van der Waals surface area contributed by atoms with Gasteiger partial charge in [-0.25, -0.2) is 13.4 Å². The van der Waals surface area contributed by atoms with E-state index >= 15 is 0 Å². The predicted octanol–water partition coefficient (Wildman–Crippen LogP) is 5.49. The Bertz CT molecular complexity index is 1560. The van der Waals surface area contributed by atoms with Crippen molar-refractivity contribution in [3.63, 3.8) is 0 Å². The maximum Gasteiger partial charge on any atom is 0.261 e. The van der Waals surface area contributed by atoms with E-state index in [1.54, 1.807) is 29.5 Å². The zero-order chi connectivity index (χ0) is 26.7. The second kappa shape index (κ2) is 12.8. The Morgan fingerprint density at radius 1 is 1.03 bits per heavy atom. The first-order valence-corrected chi connectivity index (χ1v) is 15.4. The summed E-state index contributed by atoms with van der Waals surface area (Å²) < 4.78 is 30.0. The Morgan fingerprint density at radius 2 is 1.77 bits per heavy atom. The molecule has 0 saturated carbocycles. The molecule has 2 N–H and O–H groups in total. The van der Waals surface area contributed by atoms with Gasteiger partial charge in [-0.2, -0.15) is 0 Å². The van der Waals surface area contributed by atoms with E-state index in [4.69, 9.17) is 16.6 Å². The molecule has 0 aliphatic carbocycles. The largest absolute Gasteiger partial charge is 0.351 e. The standard InChI is InChI=1S/C26H25BrClN5O3S2.ClH/c27-19-4-9-23-24(17-19)37-26(30-23)33-14-12-32(13-15-33)11-10-29-25(34)18-2-1-3-21(16-18)31-38(35,36)22-7-5-20(28)6-8-22;/h1-9,16-17,31H,10-15H2,(H,29,34);1H. The van der Waals surface area contributed by atoms with Gasteiger partial charge < -0.3 is 10.2 Å². The van der Waals surface area contributed by atoms with Gasteiger partial charge in [-0.1, -0.05) is 44.9 Å². The molecular formula is C26H26BrCl2N5O3S2. The van der Waals surface area contributed by atoms with Crippen LogP contribution in [0.1, 0.15) is 10.4 Å². The number of anilines is 2. The first-order valence-electron chi connectivity index (χ1n) is 12.0. The number of fused-ring (bicyclic) bond motifs is 1. The summed E-state index contributed by atoms with van der Waals surface area (Å²) in [7, 11) is -3.80. The highest BCUT2D eigenvalue weighted by molar-refractivity contribution is 9.10. The molecule has 2 heterocycles. The molecule has 39 heavy (non-hydrogen) atoms. The van der Waals surface area contributed by atoms with Gasteiger partial charge in [-0.15, -0.1) is 12.4 Å². The minimum Gasteiger partial charge on any atom is -0.351 e. The number of thiazole rings is 1. The molecule has 1 saturated heterocycles. The number of piperazine rings is 1. The number of benzene rings is 3. The van der Waals surface area contributed by atoms with Crippen LogP contribution in [0.5, 0.6) is 0 Å². The molecule has 0 spiro atoms. The number of amides is 1. The summed E-state index contributed by atoms with van der Waals surface area (Å²) in [5.74, 6) is -0.253. The molecule has 0 unspecified atom stereocenters. The topological polar surface area (TPSA) is 94.6 Å². The minimum atomic E-state index is -3.80. The summed E-state index contributed by atoms with van der Waals surface area (Å²) in [6, 6.07) is 18.5. The summed E-state index contributed by atoms with van der Waals surface area (Å²) in [4.78, 5) is 22.2. The average Bonchev–Trinajstić information content (AvgIpc) is 3.32. The van der Waals surface area contributed by atoms with Crippen molar-refractivity contribution >= 4 is 88.2 Å². The maximum atomic E-state index is 12.7. The molecule has 1 aromatic heterocycles. The van der Waals surface area contributed by atoms with E-state index in [0.29, 0.717) is 22.8 Å². The quantitative estimate of drug-likeness (QED) is 0.258. The van der Waals surface area contributed by atoms with E-state index in [-0.39, 0.29) is 23.2 Å². The van der Waals surface area contributed by atoms with Gasteiger partial charge in [0.25, 0.3) is 15.9 Å². The molecule has 0 bridgehead atoms. The van der Waals surface area contributed by atoms with Crippen LogP contribution >= 0.6 is 51.3 Å². The van der Waals surface area contributed by atoms with Crippen LogP contribution in [0.25, 0.3) is 10.2 Å². The Kier molecular flexibility index (Phi) is 9.73. The van der Waals surface area contributed by atoms with E-state index < -0.39 is 10.0 Å². The number of nitrogens with one attached hydrogen (secondary N) is 2. The molecule has 0 atom stereocenters. The van der Waals surface area contributed by atoms with E-state index in [1.807, 2.05) is 12.1 Å². The van der Waals surface area contributed by atoms with Gasteiger partial charge in [-0.3, -0.25) is 14.4 Å². The zero-order valence-corrected chi connectivity index (χ0v) is 25.4. The third-order valence-corrected chi connectivity index (χ3v) is 9.42. The van der Waals surface area contributed by atoms with Crippen molar-refractivity contribution in [3.8, 4) is 0 Å². The first kappa shape index (κ1) is 29.6. The number of aromatic nitrogens is 1. The Balaban J connectivity index is 0.00000353. The SMILES string of the molecule is Cl.O=C(NCCN1CCN(c2nc3ccc(Br)cc3s2)CC1)c1cccc(NS(=O)(=O)c2ccc(Cl)cc2)c1. The molecule has 4 aromatic rings. The van der Waals surface area contributed by atoms with Gasteiger partial charge in [0.2, 0.25) is 0 Å². The summed E-state index contributed by atoms with van der Waals surface area (Å²) in [5, 5.41) is 4.43.